The number of hydrazone groups is 1. The zero-order valence-corrected chi connectivity index (χ0v) is 17.4. The van der Waals surface area contributed by atoms with Crippen LogP contribution in [0.5, 0.6) is 11.5 Å². The SMILES string of the molecule is CCCCC(=O)Nc1ccc(C(=O)N/N=C/c2cccc(Oc3ccccc3)c2)cc1. The summed E-state index contributed by atoms with van der Waals surface area (Å²) >= 11 is 0. The van der Waals surface area contributed by atoms with Gasteiger partial charge in [-0.05, 0) is 60.5 Å². The third-order valence-corrected chi connectivity index (χ3v) is 4.40. The van der Waals surface area contributed by atoms with Gasteiger partial charge in [0.05, 0.1) is 6.21 Å². The summed E-state index contributed by atoms with van der Waals surface area (Å²) in [6.07, 6.45) is 3.87. The molecule has 0 aliphatic rings. The Balaban J connectivity index is 1.53. The van der Waals surface area contributed by atoms with E-state index in [9.17, 15) is 9.59 Å². The molecule has 3 aromatic carbocycles. The first-order chi connectivity index (χ1) is 15.1. The highest BCUT2D eigenvalue weighted by Crippen LogP contribution is 2.21. The van der Waals surface area contributed by atoms with E-state index in [1.807, 2.05) is 61.5 Å². The number of hydrogen-bond donors (Lipinski definition) is 2. The maximum absolute atomic E-state index is 12.3. The number of benzene rings is 3. The Morgan fingerprint density at radius 2 is 1.68 bits per heavy atom. The first-order valence-electron chi connectivity index (χ1n) is 10.2. The van der Waals surface area contributed by atoms with Crippen molar-refractivity contribution >= 4 is 23.7 Å². The van der Waals surface area contributed by atoms with Gasteiger partial charge in [0.1, 0.15) is 11.5 Å². The van der Waals surface area contributed by atoms with E-state index in [1.165, 1.54) is 0 Å². The molecule has 6 nitrogen and oxygen atoms in total. The lowest BCUT2D eigenvalue weighted by Gasteiger charge is -2.06. The number of anilines is 1. The number of carbonyl (C=O) groups excluding carboxylic acids is 2. The average Bonchev–Trinajstić information content (AvgIpc) is 2.79. The second-order valence-electron chi connectivity index (χ2n) is 6.92. The maximum Gasteiger partial charge on any atom is 0.271 e. The lowest BCUT2D eigenvalue weighted by molar-refractivity contribution is -0.116. The summed E-state index contributed by atoms with van der Waals surface area (Å²) in [5.41, 5.74) is 4.41. The molecule has 0 aliphatic carbocycles. The molecule has 0 bridgehead atoms. The summed E-state index contributed by atoms with van der Waals surface area (Å²) in [6.45, 7) is 2.04. The molecule has 0 radical (unpaired) electrons. The van der Waals surface area contributed by atoms with Crippen molar-refractivity contribution in [3.05, 3.63) is 90.0 Å². The van der Waals surface area contributed by atoms with E-state index < -0.39 is 0 Å². The highest BCUT2D eigenvalue weighted by atomic mass is 16.5. The van der Waals surface area contributed by atoms with E-state index in [0.717, 1.165) is 24.2 Å². The molecular formula is C25H25N3O3. The van der Waals surface area contributed by atoms with Gasteiger partial charge in [0.25, 0.3) is 5.91 Å². The standard InChI is InChI=1S/C25H25N3O3/c1-2-3-12-24(29)27-21-15-13-20(14-16-21)25(30)28-26-18-19-8-7-11-23(17-19)31-22-9-5-4-6-10-22/h4-11,13-18H,2-3,12H2,1H3,(H,27,29)(H,28,30)/b26-18+. The number of nitrogens with zero attached hydrogens (tertiary/aromatic N) is 1. The van der Waals surface area contributed by atoms with Crippen LogP contribution in [0.4, 0.5) is 5.69 Å². The second-order valence-corrected chi connectivity index (χ2v) is 6.92. The Bertz CT molecular complexity index is 1030. The molecule has 3 aromatic rings. The van der Waals surface area contributed by atoms with Crippen molar-refractivity contribution in [2.75, 3.05) is 5.32 Å². The molecule has 3 rings (SSSR count). The van der Waals surface area contributed by atoms with Crippen LogP contribution in [-0.4, -0.2) is 18.0 Å². The molecule has 0 aliphatic heterocycles. The third-order valence-electron chi connectivity index (χ3n) is 4.40. The molecule has 0 saturated carbocycles. The molecule has 0 heterocycles. The fourth-order valence-electron chi connectivity index (χ4n) is 2.78. The number of ether oxygens (including phenoxy) is 1. The van der Waals surface area contributed by atoms with Crippen molar-refractivity contribution in [1.29, 1.82) is 0 Å². The van der Waals surface area contributed by atoms with Gasteiger partial charge in [-0.3, -0.25) is 9.59 Å². The van der Waals surface area contributed by atoms with Gasteiger partial charge in [-0.25, -0.2) is 5.43 Å². The van der Waals surface area contributed by atoms with Crippen LogP contribution in [0.15, 0.2) is 84.0 Å². The van der Waals surface area contributed by atoms with Gasteiger partial charge < -0.3 is 10.1 Å². The van der Waals surface area contributed by atoms with Crippen LogP contribution < -0.4 is 15.5 Å². The smallest absolute Gasteiger partial charge is 0.271 e. The highest BCUT2D eigenvalue weighted by Gasteiger charge is 2.06. The first kappa shape index (κ1) is 21.8. The summed E-state index contributed by atoms with van der Waals surface area (Å²) in [5, 5.41) is 6.84. The molecule has 6 heteroatoms. The molecule has 0 unspecified atom stereocenters. The van der Waals surface area contributed by atoms with E-state index in [2.05, 4.69) is 15.8 Å². The van der Waals surface area contributed by atoms with Crippen molar-refractivity contribution in [3.63, 3.8) is 0 Å². The molecule has 0 saturated heterocycles. The number of amides is 2. The van der Waals surface area contributed by atoms with Gasteiger partial charge in [-0.2, -0.15) is 5.10 Å². The van der Waals surface area contributed by atoms with Crippen LogP contribution in [0, 0.1) is 0 Å². The number of para-hydroxylation sites is 1. The number of nitrogens with one attached hydrogen (secondary N) is 2. The van der Waals surface area contributed by atoms with Crippen molar-refractivity contribution in [3.8, 4) is 11.5 Å². The zero-order chi connectivity index (χ0) is 21.9. The van der Waals surface area contributed by atoms with Crippen molar-refractivity contribution < 1.29 is 14.3 Å². The molecule has 31 heavy (non-hydrogen) atoms. The zero-order valence-electron chi connectivity index (χ0n) is 17.4. The number of unbranched alkanes of at least 4 members (excludes halogenated alkanes) is 1. The predicted octanol–water partition coefficient (Wildman–Crippen LogP) is 5.37. The van der Waals surface area contributed by atoms with Gasteiger partial charge >= 0.3 is 0 Å². The molecule has 2 N–H and O–H groups in total. The van der Waals surface area contributed by atoms with E-state index in [0.29, 0.717) is 23.4 Å². The number of carbonyl (C=O) groups is 2. The Hall–Kier alpha value is -3.93. The van der Waals surface area contributed by atoms with Crippen molar-refractivity contribution in [2.45, 2.75) is 26.2 Å². The minimum absolute atomic E-state index is 0.0258. The fourth-order valence-corrected chi connectivity index (χ4v) is 2.78. The van der Waals surface area contributed by atoms with Crippen LogP contribution in [0.25, 0.3) is 0 Å². The first-order valence-corrected chi connectivity index (χ1v) is 10.2. The van der Waals surface area contributed by atoms with Crippen LogP contribution >= 0.6 is 0 Å². The van der Waals surface area contributed by atoms with E-state index in [1.54, 1.807) is 30.5 Å². The van der Waals surface area contributed by atoms with Crippen LogP contribution in [0.2, 0.25) is 0 Å². The van der Waals surface area contributed by atoms with Gasteiger partial charge in [0.15, 0.2) is 0 Å². The summed E-state index contributed by atoms with van der Waals surface area (Å²) in [6, 6.07) is 23.6. The lowest BCUT2D eigenvalue weighted by atomic mass is 10.2. The Morgan fingerprint density at radius 3 is 2.42 bits per heavy atom. The third kappa shape index (κ3) is 7.12. The Morgan fingerprint density at radius 1 is 0.935 bits per heavy atom. The van der Waals surface area contributed by atoms with Gasteiger partial charge in [-0.15, -0.1) is 0 Å². The van der Waals surface area contributed by atoms with Crippen molar-refractivity contribution in [1.82, 2.24) is 5.43 Å². The fraction of sp³-hybridized carbons (Fsp3) is 0.160. The summed E-state index contributed by atoms with van der Waals surface area (Å²) < 4.78 is 5.80. The van der Waals surface area contributed by atoms with Gasteiger partial charge in [0, 0.05) is 17.7 Å². The quantitative estimate of drug-likeness (QED) is 0.364. The summed E-state index contributed by atoms with van der Waals surface area (Å²) in [7, 11) is 0. The molecule has 2 amide bonds. The summed E-state index contributed by atoms with van der Waals surface area (Å²) in [4.78, 5) is 24.1. The molecule has 0 aromatic heterocycles. The molecule has 158 valence electrons. The minimum atomic E-state index is -0.336. The second kappa shape index (κ2) is 11.3. The minimum Gasteiger partial charge on any atom is -0.457 e. The van der Waals surface area contributed by atoms with Crippen LogP contribution in [-0.2, 0) is 4.79 Å². The molecule has 0 atom stereocenters. The highest BCUT2D eigenvalue weighted by molar-refractivity contribution is 5.96. The average molecular weight is 415 g/mol. The lowest BCUT2D eigenvalue weighted by Crippen LogP contribution is -2.17. The number of rotatable bonds is 9. The van der Waals surface area contributed by atoms with Crippen LogP contribution in [0.1, 0.15) is 42.1 Å². The topological polar surface area (TPSA) is 79.8 Å². The normalized spacial score (nSPS) is 10.6. The van der Waals surface area contributed by atoms with Gasteiger partial charge in [0.2, 0.25) is 5.91 Å². The van der Waals surface area contributed by atoms with E-state index in [4.69, 9.17) is 4.74 Å². The van der Waals surface area contributed by atoms with E-state index >= 15 is 0 Å². The van der Waals surface area contributed by atoms with E-state index in [-0.39, 0.29) is 11.8 Å². The maximum atomic E-state index is 12.3. The molecule has 0 spiro atoms. The summed E-state index contributed by atoms with van der Waals surface area (Å²) in [5.74, 6) is 1.06. The molecule has 0 fully saturated rings. The Kier molecular flexibility index (Phi) is 7.94. The Labute approximate surface area is 182 Å². The monoisotopic (exact) mass is 415 g/mol. The largest absolute Gasteiger partial charge is 0.457 e. The predicted molar refractivity (Wildman–Crippen MR) is 123 cm³/mol. The molecular weight excluding hydrogens is 390 g/mol. The van der Waals surface area contributed by atoms with Gasteiger partial charge in [-0.1, -0.05) is 43.7 Å². The van der Waals surface area contributed by atoms with Crippen molar-refractivity contribution in [2.24, 2.45) is 5.10 Å². The number of hydrogen-bond acceptors (Lipinski definition) is 4. The van der Waals surface area contributed by atoms with Crippen LogP contribution in [0.3, 0.4) is 0 Å².